The SMILES string of the molecule is CCCNc1ncc(S(=O)(=O)NC2(C)CCCCC2)cn1. The van der Waals surface area contributed by atoms with Gasteiger partial charge in [-0.05, 0) is 26.2 Å². The van der Waals surface area contributed by atoms with Crippen LogP contribution in [0.2, 0.25) is 0 Å². The van der Waals surface area contributed by atoms with Crippen LogP contribution in [-0.2, 0) is 10.0 Å². The standard InChI is InChI=1S/C14H24N4O2S/c1-3-9-15-13-16-10-12(11-17-13)21(19,20)18-14(2)7-5-4-6-8-14/h10-11,18H,3-9H2,1-2H3,(H,15,16,17). The first-order chi connectivity index (χ1) is 9.95. The highest BCUT2D eigenvalue weighted by molar-refractivity contribution is 7.89. The molecule has 0 bridgehead atoms. The second-order valence-corrected chi connectivity index (χ2v) is 7.58. The van der Waals surface area contributed by atoms with E-state index in [0.29, 0.717) is 5.95 Å². The minimum atomic E-state index is -3.56. The molecule has 0 saturated heterocycles. The van der Waals surface area contributed by atoms with Gasteiger partial charge in [-0.3, -0.25) is 0 Å². The monoisotopic (exact) mass is 312 g/mol. The second kappa shape index (κ2) is 6.70. The fourth-order valence-corrected chi connectivity index (χ4v) is 3.95. The van der Waals surface area contributed by atoms with Crippen molar-refractivity contribution >= 4 is 16.0 Å². The summed E-state index contributed by atoms with van der Waals surface area (Å²) >= 11 is 0. The Bertz CT molecular complexity index is 551. The lowest BCUT2D eigenvalue weighted by Gasteiger charge is -2.33. The molecule has 0 unspecified atom stereocenters. The van der Waals surface area contributed by atoms with Crippen LogP contribution < -0.4 is 10.0 Å². The normalized spacial score (nSPS) is 18.4. The molecular weight excluding hydrogens is 288 g/mol. The number of nitrogens with zero attached hydrogens (tertiary/aromatic N) is 2. The lowest BCUT2D eigenvalue weighted by Crippen LogP contribution is -2.47. The number of aromatic nitrogens is 2. The van der Waals surface area contributed by atoms with E-state index < -0.39 is 10.0 Å². The van der Waals surface area contributed by atoms with E-state index >= 15 is 0 Å². The van der Waals surface area contributed by atoms with E-state index in [1.807, 2.05) is 13.8 Å². The van der Waals surface area contributed by atoms with Gasteiger partial charge in [0.2, 0.25) is 16.0 Å². The van der Waals surface area contributed by atoms with E-state index in [4.69, 9.17) is 0 Å². The number of sulfonamides is 1. The molecule has 1 heterocycles. The van der Waals surface area contributed by atoms with Crippen LogP contribution in [0, 0.1) is 0 Å². The van der Waals surface area contributed by atoms with Crippen LogP contribution in [0.25, 0.3) is 0 Å². The lowest BCUT2D eigenvalue weighted by molar-refractivity contribution is 0.294. The van der Waals surface area contributed by atoms with Crippen LogP contribution in [-0.4, -0.2) is 30.5 Å². The van der Waals surface area contributed by atoms with Gasteiger partial charge in [0, 0.05) is 12.1 Å². The first-order valence-corrected chi connectivity index (χ1v) is 9.03. The Morgan fingerprint density at radius 3 is 2.38 bits per heavy atom. The smallest absolute Gasteiger partial charge is 0.244 e. The number of hydrogen-bond donors (Lipinski definition) is 2. The van der Waals surface area contributed by atoms with Crippen molar-refractivity contribution in [2.24, 2.45) is 0 Å². The number of rotatable bonds is 6. The Hall–Kier alpha value is -1.21. The third kappa shape index (κ3) is 4.38. The molecule has 6 nitrogen and oxygen atoms in total. The topological polar surface area (TPSA) is 84.0 Å². The molecule has 1 fully saturated rings. The van der Waals surface area contributed by atoms with E-state index in [2.05, 4.69) is 20.0 Å². The van der Waals surface area contributed by atoms with Crippen LogP contribution in [0.1, 0.15) is 52.4 Å². The predicted octanol–water partition coefficient (Wildman–Crippen LogP) is 2.30. The van der Waals surface area contributed by atoms with Crippen molar-refractivity contribution in [3.8, 4) is 0 Å². The summed E-state index contributed by atoms with van der Waals surface area (Å²) in [5.74, 6) is 0.458. The quantitative estimate of drug-likeness (QED) is 0.842. The van der Waals surface area contributed by atoms with Gasteiger partial charge in [0.15, 0.2) is 0 Å². The Morgan fingerprint density at radius 2 is 1.81 bits per heavy atom. The second-order valence-electron chi connectivity index (χ2n) is 5.90. The van der Waals surface area contributed by atoms with Crippen molar-refractivity contribution in [1.29, 1.82) is 0 Å². The molecule has 0 atom stereocenters. The largest absolute Gasteiger partial charge is 0.354 e. The number of nitrogens with one attached hydrogen (secondary N) is 2. The third-order valence-corrected chi connectivity index (χ3v) is 5.40. The fraction of sp³-hybridized carbons (Fsp3) is 0.714. The molecule has 118 valence electrons. The van der Waals surface area contributed by atoms with Crippen LogP contribution in [0.4, 0.5) is 5.95 Å². The number of hydrogen-bond acceptors (Lipinski definition) is 5. The molecule has 21 heavy (non-hydrogen) atoms. The molecule has 0 spiro atoms. The molecule has 1 aromatic rings. The van der Waals surface area contributed by atoms with Gasteiger partial charge < -0.3 is 5.32 Å². The molecule has 2 N–H and O–H groups in total. The van der Waals surface area contributed by atoms with Gasteiger partial charge >= 0.3 is 0 Å². The lowest BCUT2D eigenvalue weighted by atomic mass is 9.84. The van der Waals surface area contributed by atoms with E-state index in [1.165, 1.54) is 18.8 Å². The van der Waals surface area contributed by atoms with Crippen LogP contribution in [0.5, 0.6) is 0 Å². The molecule has 2 rings (SSSR count). The molecule has 1 aliphatic carbocycles. The molecular formula is C14H24N4O2S. The maximum absolute atomic E-state index is 12.4. The van der Waals surface area contributed by atoms with Crippen LogP contribution in [0.15, 0.2) is 17.3 Å². The summed E-state index contributed by atoms with van der Waals surface area (Å²) in [6.07, 6.45) is 8.75. The summed E-state index contributed by atoms with van der Waals surface area (Å²) < 4.78 is 27.7. The Labute approximate surface area is 126 Å². The van der Waals surface area contributed by atoms with E-state index in [9.17, 15) is 8.42 Å². The fourth-order valence-electron chi connectivity index (χ4n) is 2.60. The minimum absolute atomic E-state index is 0.122. The molecule has 0 amide bonds. The number of anilines is 1. The third-order valence-electron chi connectivity index (χ3n) is 3.81. The maximum Gasteiger partial charge on any atom is 0.244 e. The molecule has 0 aliphatic heterocycles. The summed E-state index contributed by atoms with van der Waals surface area (Å²) in [7, 11) is -3.56. The van der Waals surface area contributed by atoms with Crippen LogP contribution in [0.3, 0.4) is 0 Å². The maximum atomic E-state index is 12.4. The summed E-state index contributed by atoms with van der Waals surface area (Å²) in [5, 5.41) is 3.02. The Balaban J connectivity index is 2.08. The van der Waals surface area contributed by atoms with Crippen molar-refractivity contribution in [1.82, 2.24) is 14.7 Å². The van der Waals surface area contributed by atoms with Gasteiger partial charge in [0.1, 0.15) is 4.90 Å². The zero-order valence-corrected chi connectivity index (χ0v) is 13.5. The van der Waals surface area contributed by atoms with Gasteiger partial charge in [0.05, 0.1) is 12.4 Å². The van der Waals surface area contributed by atoms with Crippen molar-refractivity contribution in [2.45, 2.75) is 62.8 Å². The molecule has 0 aromatic carbocycles. The molecule has 1 aromatic heterocycles. The molecule has 1 aliphatic rings. The minimum Gasteiger partial charge on any atom is -0.354 e. The highest BCUT2D eigenvalue weighted by Crippen LogP contribution is 2.29. The molecule has 1 saturated carbocycles. The highest BCUT2D eigenvalue weighted by atomic mass is 32.2. The van der Waals surface area contributed by atoms with Crippen molar-refractivity contribution in [3.63, 3.8) is 0 Å². The summed E-state index contributed by atoms with van der Waals surface area (Å²) in [5.41, 5.74) is -0.351. The first kappa shape index (κ1) is 16.2. The van der Waals surface area contributed by atoms with E-state index in [1.54, 1.807) is 0 Å². The first-order valence-electron chi connectivity index (χ1n) is 7.55. The van der Waals surface area contributed by atoms with Gasteiger partial charge in [-0.15, -0.1) is 0 Å². The van der Waals surface area contributed by atoms with Crippen molar-refractivity contribution < 1.29 is 8.42 Å². The summed E-state index contributed by atoms with van der Waals surface area (Å²) in [6, 6.07) is 0. The Kier molecular flexibility index (Phi) is 5.16. The summed E-state index contributed by atoms with van der Waals surface area (Å²) in [4.78, 5) is 8.24. The van der Waals surface area contributed by atoms with Gasteiger partial charge in [-0.2, -0.15) is 0 Å². The average molecular weight is 312 g/mol. The Morgan fingerprint density at radius 1 is 1.19 bits per heavy atom. The van der Waals surface area contributed by atoms with E-state index in [0.717, 1.165) is 38.6 Å². The highest BCUT2D eigenvalue weighted by Gasteiger charge is 2.32. The van der Waals surface area contributed by atoms with Crippen molar-refractivity contribution in [2.75, 3.05) is 11.9 Å². The van der Waals surface area contributed by atoms with Gasteiger partial charge in [0.25, 0.3) is 0 Å². The van der Waals surface area contributed by atoms with Gasteiger partial charge in [-0.25, -0.2) is 23.1 Å². The van der Waals surface area contributed by atoms with E-state index in [-0.39, 0.29) is 10.4 Å². The average Bonchev–Trinajstić information content (AvgIpc) is 2.45. The zero-order valence-electron chi connectivity index (χ0n) is 12.7. The van der Waals surface area contributed by atoms with Crippen molar-refractivity contribution in [3.05, 3.63) is 12.4 Å². The van der Waals surface area contributed by atoms with Gasteiger partial charge in [-0.1, -0.05) is 26.2 Å². The predicted molar refractivity (Wildman–Crippen MR) is 82.6 cm³/mol. The molecule has 7 heteroatoms. The zero-order chi connectivity index (χ0) is 15.3. The molecule has 0 radical (unpaired) electrons. The summed E-state index contributed by atoms with van der Waals surface area (Å²) in [6.45, 7) is 4.78. The van der Waals surface area contributed by atoms with Crippen LogP contribution >= 0.6 is 0 Å².